The lowest BCUT2D eigenvalue weighted by Crippen LogP contribution is -2.58. The second-order valence-corrected chi connectivity index (χ2v) is 18.9. The Morgan fingerprint density at radius 2 is 1.68 bits per heavy atom. The van der Waals surface area contributed by atoms with E-state index in [9.17, 15) is 42.3 Å². The van der Waals surface area contributed by atoms with Gasteiger partial charge in [0.05, 0.1) is 41.9 Å². The molecule has 3 aromatic carbocycles. The number of β-amino-alcohol motifs (C(OH)–C–C–N with tert-alkyl or cyclic N) is 1. The number of aromatic nitrogens is 1. The Hall–Kier alpha value is -7.16. The summed E-state index contributed by atoms with van der Waals surface area (Å²) in [6.45, 7) is 7.55. The molecule has 2 aliphatic heterocycles. The van der Waals surface area contributed by atoms with Crippen molar-refractivity contribution in [3.05, 3.63) is 107 Å². The number of nitrogens with one attached hydrogen (secondary N) is 2. The lowest BCUT2D eigenvalue weighted by molar-refractivity contribution is -0.144. The molecule has 0 radical (unpaired) electrons. The molecular formula is C49H50F6N8O8S. The first-order valence-corrected chi connectivity index (χ1v) is 22.8. The number of aliphatic hydroxyl groups is 1. The Labute approximate surface area is 415 Å². The third-order valence-corrected chi connectivity index (χ3v) is 12.3. The molecule has 1 aromatic heterocycles. The molecule has 23 heteroatoms. The van der Waals surface area contributed by atoms with Gasteiger partial charge in [-0.25, -0.2) is 13.2 Å². The van der Waals surface area contributed by atoms with E-state index in [0.717, 1.165) is 29.3 Å². The number of hydrogen-bond donors (Lipinski definition) is 4. The van der Waals surface area contributed by atoms with Crippen LogP contribution in [-0.2, 0) is 36.6 Å². The van der Waals surface area contributed by atoms with E-state index in [1.54, 1.807) is 32.9 Å². The zero-order valence-corrected chi connectivity index (χ0v) is 40.4. The SMILES string of the molecule is CC(C)(C)[C@H](NC(=O)COCCCCOc1ccc(-c2ncc(N3C(=S)N(c4ccc(C#N)c(C(F)(F)F)c4F)C(=O)C3(C)C)cc2F)cc1F)C(=O)N1C[C@H](O)C[C@H]1C(=O)NCc1ccc(C(N)=O)cc1. The Morgan fingerprint density at radius 3 is 2.29 bits per heavy atom. The lowest BCUT2D eigenvalue weighted by Gasteiger charge is -2.35. The van der Waals surface area contributed by atoms with E-state index in [1.807, 2.05) is 0 Å². The molecule has 0 spiro atoms. The van der Waals surface area contributed by atoms with Gasteiger partial charge in [-0.05, 0) is 92.4 Å². The summed E-state index contributed by atoms with van der Waals surface area (Å²) in [4.78, 5) is 72.0. The van der Waals surface area contributed by atoms with E-state index in [-0.39, 0.29) is 55.4 Å². The minimum atomic E-state index is -5.28. The van der Waals surface area contributed by atoms with Gasteiger partial charge < -0.3 is 40.7 Å². The molecule has 16 nitrogen and oxygen atoms in total. The first-order valence-electron chi connectivity index (χ1n) is 22.3. The van der Waals surface area contributed by atoms with E-state index in [2.05, 4.69) is 15.6 Å². The van der Waals surface area contributed by atoms with Crippen molar-refractivity contribution >= 4 is 58.2 Å². The molecule has 0 bridgehead atoms. The summed E-state index contributed by atoms with van der Waals surface area (Å²) in [5.41, 5.74) is -0.419. The summed E-state index contributed by atoms with van der Waals surface area (Å²) < 4.78 is 98.8. The summed E-state index contributed by atoms with van der Waals surface area (Å²) in [5, 5.41) is 24.6. The Morgan fingerprint density at radius 1 is 1.00 bits per heavy atom. The average molecular weight is 1030 g/mol. The first-order chi connectivity index (χ1) is 33.8. The Balaban J connectivity index is 0.982. The number of pyridine rings is 1. The largest absolute Gasteiger partial charge is 0.491 e. The van der Waals surface area contributed by atoms with Crippen molar-refractivity contribution in [3.8, 4) is 23.1 Å². The predicted octanol–water partition coefficient (Wildman–Crippen LogP) is 6.06. The van der Waals surface area contributed by atoms with Crippen LogP contribution in [-0.4, -0.2) is 99.7 Å². The van der Waals surface area contributed by atoms with E-state index in [4.69, 9.17) is 32.7 Å². The van der Waals surface area contributed by atoms with Crippen molar-refractivity contribution in [1.29, 1.82) is 5.26 Å². The quantitative estimate of drug-likeness (QED) is 0.0539. The van der Waals surface area contributed by atoms with Crippen LogP contribution in [0.4, 0.5) is 37.7 Å². The fourth-order valence-corrected chi connectivity index (χ4v) is 8.66. The average Bonchev–Trinajstić information content (AvgIpc) is 3.78. The van der Waals surface area contributed by atoms with Gasteiger partial charge in [0.15, 0.2) is 28.3 Å². The van der Waals surface area contributed by atoms with Crippen molar-refractivity contribution in [2.24, 2.45) is 11.1 Å². The topological polar surface area (TPSA) is 221 Å². The van der Waals surface area contributed by atoms with Crippen LogP contribution in [0.3, 0.4) is 0 Å². The smallest absolute Gasteiger partial charge is 0.420 e. The molecule has 382 valence electrons. The third kappa shape index (κ3) is 11.8. The van der Waals surface area contributed by atoms with E-state index in [0.29, 0.717) is 34.9 Å². The molecule has 3 heterocycles. The van der Waals surface area contributed by atoms with Gasteiger partial charge in [0.1, 0.15) is 35.5 Å². The number of unbranched alkanes of at least 4 members (excludes halogenated alkanes) is 1. The highest BCUT2D eigenvalue weighted by atomic mass is 32.1. The van der Waals surface area contributed by atoms with Crippen molar-refractivity contribution in [1.82, 2.24) is 20.5 Å². The van der Waals surface area contributed by atoms with Crippen LogP contribution in [0, 0.1) is 34.2 Å². The molecule has 0 aliphatic carbocycles. The van der Waals surface area contributed by atoms with Crippen LogP contribution in [0.25, 0.3) is 11.3 Å². The van der Waals surface area contributed by atoms with Crippen LogP contribution >= 0.6 is 12.2 Å². The maximum absolute atomic E-state index is 15.7. The maximum Gasteiger partial charge on any atom is 0.420 e. The van der Waals surface area contributed by atoms with E-state index < -0.39 is 111 Å². The van der Waals surface area contributed by atoms with Gasteiger partial charge >= 0.3 is 6.18 Å². The summed E-state index contributed by atoms with van der Waals surface area (Å²) in [6, 6.07) is 11.5. The molecule has 2 saturated heterocycles. The molecule has 2 aliphatic rings. The second kappa shape index (κ2) is 21.7. The number of nitrogens with zero attached hydrogens (tertiary/aromatic N) is 5. The molecule has 0 saturated carbocycles. The number of anilines is 2. The summed E-state index contributed by atoms with van der Waals surface area (Å²) in [6.07, 6.45) is -4.42. The monoisotopic (exact) mass is 1020 g/mol. The minimum Gasteiger partial charge on any atom is -0.491 e. The number of aliphatic hydroxyl groups excluding tert-OH is 1. The number of benzene rings is 3. The summed E-state index contributed by atoms with van der Waals surface area (Å²) in [5.74, 6) is -7.13. The molecule has 6 rings (SSSR count). The van der Waals surface area contributed by atoms with Gasteiger partial charge in [0, 0.05) is 43.3 Å². The third-order valence-electron chi connectivity index (χ3n) is 11.9. The Bertz CT molecular complexity index is 2820. The van der Waals surface area contributed by atoms with Gasteiger partial charge in [-0.3, -0.25) is 33.9 Å². The van der Waals surface area contributed by atoms with Crippen molar-refractivity contribution in [2.45, 2.75) is 90.3 Å². The fourth-order valence-electron chi connectivity index (χ4n) is 8.15. The first kappa shape index (κ1) is 54.2. The van der Waals surface area contributed by atoms with Crippen LogP contribution in [0.2, 0.25) is 0 Å². The number of nitriles is 1. The molecule has 72 heavy (non-hydrogen) atoms. The number of ether oxygens (including phenoxy) is 2. The molecule has 5 amide bonds. The predicted molar refractivity (Wildman–Crippen MR) is 252 cm³/mol. The number of carbonyl (C=O) groups is 5. The number of carbonyl (C=O) groups excluding carboxylic acids is 5. The number of hydrogen-bond acceptors (Lipinski definition) is 11. The fraction of sp³-hybridized carbons (Fsp3) is 0.388. The molecule has 0 unspecified atom stereocenters. The van der Waals surface area contributed by atoms with Crippen molar-refractivity contribution < 1.29 is 64.9 Å². The number of amides is 5. The van der Waals surface area contributed by atoms with Crippen LogP contribution in [0.5, 0.6) is 5.75 Å². The van der Waals surface area contributed by atoms with Gasteiger partial charge in [-0.2, -0.15) is 18.4 Å². The van der Waals surface area contributed by atoms with Gasteiger partial charge in [-0.15, -0.1) is 0 Å². The molecule has 5 N–H and O–H groups in total. The number of rotatable bonds is 17. The zero-order valence-electron chi connectivity index (χ0n) is 39.5. The number of thiocarbonyl (C=S) groups is 1. The van der Waals surface area contributed by atoms with Gasteiger partial charge in [0.25, 0.3) is 5.91 Å². The number of nitrogens with two attached hydrogens (primary N) is 1. The van der Waals surface area contributed by atoms with Crippen LogP contribution < -0.4 is 30.9 Å². The van der Waals surface area contributed by atoms with Crippen molar-refractivity contribution in [2.75, 3.05) is 36.2 Å². The van der Waals surface area contributed by atoms with Crippen LogP contribution in [0.1, 0.15) is 80.9 Å². The maximum atomic E-state index is 15.7. The number of alkyl halides is 3. The second-order valence-electron chi connectivity index (χ2n) is 18.6. The molecule has 2 fully saturated rings. The standard InChI is InChI=1S/C49H50F6N8O8S/c1-47(2,3)41(44(68)61-24-31(64)20-35(61)43(67)59-22-26-8-10-27(11-9-26)42(57)66)60-37(65)25-70-16-6-7-17-71-36-15-13-28(18-32(36)50)40-33(51)19-30(23-58-40)63-46(72)62(45(69)48(63,4)5)34-14-12-29(21-56)38(39(34)52)49(53,54)55/h8-15,18-19,23,31,35,41,64H,6-7,16-17,20,22,24-25H2,1-5H3,(H2,57,66)(H,59,67)(H,60,65)/t31-,35+,41-/m1/s1. The molecule has 4 aromatic rings. The van der Waals surface area contributed by atoms with Crippen molar-refractivity contribution in [3.63, 3.8) is 0 Å². The van der Waals surface area contributed by atoms with E-state index in [1.165, 1.54) is 49.1 Å². The molecule has 3 atom stereocenters. The highest BCUT2D eigenvalue weighted by Gasteiger charge is 2.52. The number of likely N-dealkylation sites (tertiary alicyclic amines) is 1. The zero-order chi connectivity index (χ0) is 53.0. The molecular weight excluding hydrogens is 975 g/mol. The highest BCUT2D eigenvalue weighted by molar-refractivity contribution is 7.81. The summed E-state index contributed by atoms with van der Waals surface area (Å²) >= 11 is 5.41. The van der Waals surface area contributed by atoms with Gasteiger partial charge in [-0.1, -0.05) is 32.9 Å². The number of halogens is 6. The highest BCUT2D eigenvalue weighted by Crippen LogP contribution is 2.42. The normalized spacial score (nSPS) is 17.2. The lowest BCUT2D eigenvalue weighted by atomic mass is 9.85. The van der Waals surface area contributed by atoms with Crippen LogP contribution in [0.15, 0.2) is 66.9 Å². The van der Waals surface area contributed by atoms with Gasteiger partial charge in [0.2, 0.25) is 23.6 Å². The summed E-state index contributed by atoms with van der Waals surface area (Å²) in [7, 11) is 0. The Kier molecular flexibility index (Phi) is 16.3. The van der Waals surface area contributed by atoms with E-state index >= 15 is 13.2 Å². The number of primary amides is 1. The minimum absolute atomic E-state index is 0.00294.